The monoisotopic (exact) mass is 254 g/mol. The van der Waals surface area contributed by atoms with Crippen molar-refractivity contribution in [2.75, 3.05) is 5.43 Å². The van der Waals surface area contributed by atoms with E-state index in [-0.39, 0.29) is 21.8 Å². The van der Waals surface area contributed by atoms with Crippen LogP contribution in [0.5, 0.6) is 0 Å². The Hall–Kier alpha value is -2.20. The molecule has 0 aromatic carbocycles. The molecule has 0 aliphatic heterocycles. The maximum Gasteiger partial charge on any atom is 0.345 e. The molecular weight excluding hydrogens is 248 g/mol. The fraction of sp³-hybridized carbons (Fsp3) is 0. The van der Waals surface area contributed by atoms with Crippen molar-refractivity contribution in [3.8, 4) is 0 Å². The third-order valence-corrected chi connectivity index (χ3v) is 2.57. The minimum atomic E-state index is -0.625. The number of nitrogens with one attached hydrogen (secondary N) is 1. The molecule has 0 fully saturated rings. The molecule has 88 valence electrons. The number of nitro groups is 1. The lowest BCUT2D eigenvalue weighted by Gasteiger charge is -2.02. The average molecular weight is 254 g/mol. The standard InChI is InChI=1S/C7H6N6O3S/c8-12-5-4(13(14)15)6(11-3-10-5)17-7-9-1-2-16-7/h1-3H,8H2,(H,10,11,12). The summed E-state index contributed by atoms with van der Waals surface area (Å²) < 4.78 is 4.96. The molecule has 0 aliphatic rings. The van der Waals surface area contributed by atoms with Gasteiger partial charge in [-0.3, -0.25) is 10.1 Å². The molecule has 0 saturated carbocycles. The first-order valence-electron chi connectivity index (χ1n) is 4.25. The van der Waals surface area contributed by atoms with Crippen molar-refractivity contribution in [1.82, 2.24) is 15.0 Å². The molecule has 17 heavy (non-hydrogen) atoms. The molecule has 2 aromatic heterocycles. The Balaban J connectivity index is 2.42. The Morgan fingerprint density at radius 1 is 1.47 bits per heavy atom. The minimum Gasteiger partial charge on any atom is -0.440 e. The molecule has 0 bridgehead atoms. The third-order valence-electron chi connectivity index (χ3n) is 1.70. The van der Waals surface area contributed by atoms with Gasteiger partial charge in [0.2, 0.25) is 5.82 Å². The number of hydrazine groups is 1. The van der Waals surface area contributed by atoms with Gasteiger partial charge >= 0.3 is 5.69 Å². The second kappa shape index (κ2) is 4.76. The van der Waals surface area contributed by atoms with Crippen molar-refractivity contribution in [1.29, 1.82) is 0 Å². The van der Waals surface area contributed by atoms with E-state index in [2.05, 4.69) is 20.4 Å². The molecule has 0 radical (unpaired) electrons. The first-order valence-corrected chi connectivity index (χ1v) is 5.07. The maximum absolute atomic E-state index is 10.9. The number of aromatic nitrogens is 3. The van der Waals surface area contributed by atoms with E-state index in [0.29, 0.717) is 0 Å². The van der Waals surface area contributed by atoms with Crippen molar-refractivity contribution in [2.45, 2.75) is 10.2 Å². The molecule has 2 heterocycles. The number of nitrogens with two attached hydrogens (primary N) is 1. The summed E-state index contributed by atoms with van der Waals surface area (Å²) in [6.45, 7) is 0. The predicted molar refractivity (Wildman–Crippen MR) is 57.1 cm³/mol. The van der Waals surface area contributed by atoms with Gasteiger partial charge < -0.3 is 9.84 Å². The van der Waals surface area contributed by atoms with Gasteiger partial charge in [-0.2, -0.15) is 0 Å². The molecule has 0 atom stereocenters. The summed E-state index contributed by atoms with van der Waals surface area (Å²) in [7, 11) is 0. The first kappa shape index (κ1) is 11.3. The summed E-state index contributed by atoms with van der Waals surface area (Å²) in [6.07, 6.45) is 3.95. The highest BCUT2D eigenvalue weighted by Crippen LogP contribution is 2.35. The van der Waals surface area contributed by atoms with Gasteiger partial charge in [0.1, 0.15) is 12.6 Å². The van der Waals surface area contributed by atoms with Crippen LogP contribution in [-0.2, 0) is 0 Å². The second-order valence-electron chi connectivity index (χ2n) is 2.68. The van der Waals surface area contributed by atoms with E-state index in [0.717, 1.165) is 18.1 Å². The van der Waals surface area contributed by atoms with E-state index in [1.807, 2.05) is 0 Å². The van der Waals surface area contributed by atoms with Gasteiger partial charge in [0, 0.05) is 0 Å². The van der Waals surface area contributed by atoms with Gasteiger partial charge in [0.25, 0.3) is 5.22 Å². The van der Waals surface area contributed by atoms with Gasteiger partial charge in [-0.05, 0) is 11.8 Å². The van der Waals surface area contributed by atoms with Crippen molar-refractivity contribution in [3.05, 3.63) is 28.9 Å². The summed E-state index contributed by atoms with van der Waals surface area (Å²) in [4.78, 5) is 21.6. The van der Waals surface area contributed by atoms with Crippen LogP contribution in [0.15, 0.2) is 33.5 Å². The van der Waals surface area contributed by atoms with Gasteiger partial charge in [0.05, 0.1) is 11.1 Å². The molecule has 2 aromatic rings. The number of anilines is 1. The largest absolute Gasteiger partial charge is 0.440 e. The van der Waals surface area contributed by atoms with Crippen LogP contribution in [-0.4, -0.2) is 19.9 Å². The number of rotatable bonds is 4. The van der Waals surface area contributed by atoms with E-state index in [1.165, 1.54) is 12.5 Å². The van der Waals surface area contributed by atoms with Gasteiger partial charge in [-0.1, -0.05) is 0 Å². The Morgan fingerprint density at radius 3 is 2.88 bits per heavy atom. The van der Waals surface area contributed by atoms with Gasteiger partial charge in [-0.15, -0.1) is 0 Å². The molecule has 0 spiro atoms. The third kappa shape index (κ3) is 2.32. The summed E-state index contributed by atoms with van der Waals surface area (Å²) in [5, 5.41) is 11.2. The highest BCUT2D eigenvalue weighted by molar-refractivity contribution is 7.99. The highest BCUT2D eigenvalue weighted by atomic mass is 32.2. The molecule has 2 rings (SSSR count). The average Bonchev–Trinajstić information content (AvgIpc) is 2.81. The number of nitrogens with zero attached hydrogens (tertiary/aromatic N) is 4. The lowest BCUT2D eigenvalue weighted by atomic mass is 10.5. The zero-order valence-electron chi connectivity index (χ0n) is 8.23. The van der Waals surface area contributed by atoms with E-state index in [4.69, 9.17) is 10.3 Å². The molecule has 0 saturated heterocycles. The Kier molecular flexibility index (Phi) is 3.16. The van der Waals surface area contributed by atoms with Crippen LogP contribution < -0.4 is 11.3 Å². The zero-order chi connectivity index (χ0) is 12.3. The van der Waals surface area contributed by atoms with Crippen molar-refractivity contribution in [2.24, 2.45) is 5.84 Å². The molecule has 0 aliphatic carbocycles. The second-order valence-corrected chi connectivity index (χ2v) is 3.62. The molecule has 0 amide bonds. The molecule has 9 nitrogen and oxygen atoms in total. The Labute approximate surface area is 98.6 Å². The van der Waals surface area contributed by atoms with E-state index in [1.54, 1.807) is 0 Å². The van der Waals surface area contributed by atoms with Gasteiger partial charge in [-0.25, -0.2) is 20.8 Å². The van der Waals surface area contributed by atoms with Crippen LogP contribution in [0.1, 0.15) is 0 Å². The van der Waals surface area contributed by atoms with Crippen LogP contribution in [0.3, 0.4) is 0 Å². The lowest BCUT2D eigenvalue weighted by molar-refractivity contribution is -0.387. The maximum atomic E-state index is 10.9. The predicted octanol–water partition coefficient (Wildman–Crippen LogP) is 0.810. The molecule has 3 N–H and O–H groups in total. The number of hydrogen-bond acceptors (Lipinski definition) is 9. The van der Waals surface area contributed by atoms with Crippen molar-refractivity contribution < 1.29 is 9.34 Å². The summed E-state index contributed by atoms with van der Waals surface area (Å²) in [5.41, 5.74) is 1.82. The van der Waals surface area contributed by atoms with Crippen LogP contribution in [0.25, 0.3) is 0 Å². The quantitative estimate of drug-likeness (QED) is 0.351. The molecule has 10 heteroatoms. The fourth-order valence-corrected chi connectivity index (χ4v) is 1.80. The Bertz CT molecular complexity index is 530. The highest BCUT2D eigenvalue weighted by Gasteiger charge is 2.24. The summed E-state index contributed by atoms with van der Waals surface area (Å²) in [5.74, 6) is 5.07. The number of nitrogen functional groups attached to an aromatic ring is 1. The topological polar surface area (TPSA) is 133 Å². The number of hydrogen-bond donors (Lipinski definition) is 2. The summed E-state index contributed by atoms with van der Waals surface area (Å²) in [6, 6.07) is 0. The van der Waals surface area contributed by atoms with Crippen LogP contribution in [0.4, 0.5) is 11.5 Å². The fourth-order valence-electron chi connectivity index (χ4n) is 1.05. The van der Waals surface area contributed by atoms with Crippen LogP contribution in [0, 0.1) is 10.1 Å². The zero-order valence-corrected chi connectivity index (χ0v) is 9.05. The van der Waals surface area contributed by atoms with Crippen molar-refractivity contribution >= 4 is 23.3 Å². The van der Waals surface area contributed by atoms with Crippen LogP contribution in [0.2, 0.25) is 0 Å². The molecular formula is C7H6N6O3S. The van der Waals surface area contributed by atoms with Crippen molar-refractivity contribution in [3.63, 3.8) is 0 Å². The van der Waals surface area contributed by atoms with E-state index < -0.39 is 4.92 Å². The van der Waals surface area contributed by atoms with Crippen LogP contribution >= 0.6 is 11.8 Å². The first-order chi connectivity index (χ1) is 8.22. The van der Waals surface area contributed by atoms with Gasteiger partial charge in [0.15, 0.2) is 5.03 Å². The Morgan fingerprint density at radius 2 is 2.29 bits per heavy atom. The SMILES string of the molecule is NNc1ncnc(Sc2ncco2)c1[N+](=O)[O-]. The van der Waals surface area contributed by atoms with E-state index >= 15 is 0 Å². The summed E-state index contributed by atoms with van der Waals surface area (Å²) >= 11 is 0.913. The van der Waals surface area contributed by atoms with E-state index in [9.17, 15) is 10.1 Å². The minimum absolute atomic E-state index is 0.0703. The smallest absolute Gasteiger partial charge is 0.345 e. The number of oxazole rings is 1. The lowest BCUT2D eigenvalue weighted by Crippen LogP contribution is -2.12. The normalized spacial score (nSPS) is 10.2. The molecule has 0 unspecified atom stereocenters.